The van der Waals surface area contributed by atoms with Crippen LogP contribution in [0.4, 0.5) is 0 Å². The van der Waals surface area contributed by atoms with E-state index in [2.05, 4.69) is 9.97 Å². The molecule has 4 heteroatoms. The normalized spacial score (nSPS) is 14.4. The number of hydrogen-bond acceptors (Lipinski definition) is 3. The first kappa shape index (κ1) is 9.40. The molecule has 0 saturated carbocycles. The lowest BCUT2D eigenvalue weighted by atomic mass is 10.2. The number of nitrogens with zero attached hydrogens (tertiary/aromatic N) is 1. The second-order valence-corrected chi connectivity index (χ2v) is 3.53. The zero-order chi connectivity index (χ0) is 9.97. The number of nitrogens with one attached hydrogen (secondary N) is 1. The number of aromatic amines is 1. The third-order valence-corrected chi connectivity index (χ3v) is 2.53. The van der Waals surface area contributed by atoms with E-state index in [1.54, 1.807) is 7.11 Å². The van der Waals surface area contributed by atoms with Gasteiger partial charge in [-0.05, 0) is 19.3 Å². The minimum atomic E-state index is 0.0404. The molecule has 1 N–H and O–H groups in total. The summed E-state index contributed by atoms with van der Waals surface area (Å²) in [7, 11) is 1.64. The average Bonchev–Trinajstić information content (AvgIpc) is 2.63. The van der Waals surface area contributed by atoms with Crippen LogP contribution in [0.5, 0.6) is 0 Å². The molecule has 0 fully saturated rings. The fraction of sp³-hybridized carbons (Fsp3) is 0.600. The number of hydrogen-bond donors (Lipinski definition) is 1. The van der Waals surface area contributed by atoms with E-state index in [9.17, 15) is 4.79 Å². The van der Waals surface area contributed by atoms with Gasteiger partial charge < -0.3 is 9.72 Å². The molecule has 0 unspecified atom stereocenters. The molecule has 0 saturated heterocycles. The molecule has 0 bridgehead atoms. The molecule has 1 aromatic heterocycles. The van der Waals surface area contributed by atoms with Crippen LogP contribution in [0.15, 0.2) is 4.79 Å². The highest BCUT2D eigenvalue weighted by Gasteiger charge is 2.16. The van der Waals surface area contributed by atoms with Crippen LogP contribution in [-0.2, 0) is 24.0 Å². The van der Waals surface area contributed by atoms with Gasteiger partial charge in [0.2, 0.25) is 0 Å². The van der Waals surface area contributed by atoms with E-state index < -0.39 is 0 Å². The van der Waals surface area contributed by atoms with Gasteiger partial charge in [0.15, 0.2) is 0 Å². The van der Waals surface area contributed by atoms with E-state index in [0.29, 0.717) is 13.0 Å². The molecule has 4 nitrogen and oxygen atoms in total. The summed E-state index contributed by atoms with van der Waals surface area (Å²) in [6, 6.07) is 0. The highest BCUT2D eigenvalue weighted by atomic mass is 16.5. The summed E-state index contributed by atoms with van der Waals surface area (Å²) in [6.07, 6.45) is 3.56. The fourth-order valence-corrected chi connectivity index (χ4v) is 1.81. The van der Waals surface area contributed by atoms with Gasteiger partial charge in [-0.3, -0.25) is 4.79 Å². The molecule has 1 aliphatic carbocycles. The van der Waals surface area contributed by atoms with E-state index in [1.165, 1.54) is 0 Å². The third-order valence-electron chi connectivity index (χ3n) is 2.53. The van der Waals surface area contributed by atoms with Crippen LogP contribution in [0.25, 0.3) is 0 Å². The molecule has 1 aromatic rings. The van der Waals surface area contributed by atoms with Crippen molar-refractivity contribution in [1.29, 1.82) is 0 Å². The van der Waals surface area contributed by atoms with E-state index in [0.717, 1.165) is 36.3 Å². The minimum absolute atomic E-state index is 0.0404. The Hall–Kier alpha value is -1.16. The third kappa shape index (κ3) is 1.70. The monoisotopic (exact) mass is 194 g/mol. The predicted molar refractivity (Wildman–Crippen MR) is 52.5 cm³/mol. The van der Waals surface area contributed by atoms with Crippen molar-refractivity contribution in [2.24, 2.45) is 0 Å². The van der Waals surface area contributed by atoms with Crippen LogP contribution in [0.3, 0.4) is 0 Å². The molecule has 0 spiro atoms. The molecule has 0 radical (unpaired) electrons. The number of aromatic nitrogens is 2. The van der Waals surface area contributed by atoms with Crippen molar-refractivity contribution in [2.45, 2.75) is 25.7 Å². The van der Waals surface area contributed by atoms with E-state index in [1.807, 2.05) is 0 Å². The molecule has 76 valence electrons. The van der Waals surface area contributed by atoms with Crippen molar-refractivity contribution in [3.8, 4) is 0 Å². The Labute approximate surface area is 82.3 Å². The molecule has 1 heterocycles. The van der Waals surface area contributed by atoms with Gasteiger partial charge >= 0.3 is 0 Å². The summed E-state index contributed by atoms with van der Waals surface area (Å²) < 4.78 is 4.94. The second-order valence-electron chi connectivity index (χ2n) is 3.53. The van der Waals surface area contributed by atoms with Crippen molar-refractivity contribution < 1.29 is 4.74 Å². The van der Waals surface area contributed by atoms with Crippen LogP contribution >= 0.6 is 0 Å². The van der Waals surface area contributed by atoms with Crippen molar-refractivity contribution in [2.75, 3.05) is 13.7 Å². The Bertz CT molecular complexity index is 384. The van der Waals surface area contributed by atoms with Gasteiger partial charge in [0.25, 0.3) is 5.56 Å². The average molecular weight is 194 g/mol. The molecule has 0 atom stereocenters. The molecule has 1 aliphatic rings. The second kappa shape index (κ2) is 3.92. The summed E-state index contributed by atoms with van der Waals surface area (Å²) >= 11 is 0. The van der Waals surface area contributed by atoms with E-state index in [4.69, 9.17) is 4.74 Å². The molecular formula is C10H14N2O2. The standard InChI is InChI=1S/C10H14N2O2/c1-14-6-5-9-11-8-4-2-3-7(8)10(13)12-9/h2-6H2,1H3,(H,11,12,13). The zero-order valence-corrected chi connectivity index (χ0v) is 8.30. The molecular weight excluding hydrogens is 180 g/mol. The SMILES string of the molecule is COCCc1nc2c(c(=O)[nH]1)CCC2. The summed E-state index contributed by atoms with van der Waals surface area (Å²) in [6.45, 7) is 0.599. The van der Waals surface area contributed by atoms with Crippen molar-refractivity contribution in [3.63, 3.8) is 0 Å². The van der Waals surface area contributed by atoms with Gasteiger partial charge in [0.1, 0.15) is 5.82 Å². The first-order valence-electron chi connectivity index (χ1n) is 4.91. The molecule has 0 aliphatic heterocycles. The zero-order valence-electron chi connectivity index (χ0n) is 8.30. The van der Waals surface area contributed by atoms with Crippen molar-refractivity contribution in [1.82, 2.24) is 9.97 Å². The number of ether oxygens (including phenoxy) is 1. The lowest BCUT2D eigenvalue weighted by Gasteiger charge is -2.02. The van der Waals surface area contributed by atoms with Gasteiger partial charge in [-0.2, -0.15) is 0 Å². The van der Waals surface area contributed by atoms with Gasteiger partial charge in [0, 0.05) is 19.1 Å². The van der Waals surface area contributed by atoms with E-state index in [-0.39, 0.29) is 5.56 Å². The molecule has 14 heavy (non-hydrogen) atoms. The number of fused-ring (bicyclic) bond motifs is 1. The van der Waals surface area contributed by atoms with Crippen LogP contribution in [0, 0.1) is 0 Å². The predicted octanol–water partition coefficient (Wildman–Crippen LogP) is 0.448. The van der Waals surface area contributed by atoms with Gasteiger partial charge in [0.05, 0.1) is 12.3 Å². The van der Waals surface area contributed by atoms with Crippen molar-refractivity contribution in [3.05, 3.63) is 27.4 Å². The summed E-state index contributed by atoms with van der Waals surface area (Å²) in [5, 5.41) is 0. The first-order valence-corrected chi connectivity index (χ1v) is 4.91. The fourth-order valence-electron chi connectivity index (χ4n) is 1.81. The lowest BCUT2D eigenvalue weighted by Crippen LogP contribution is -2.17. The Morgan fingerprint density at radius 2 is 2.36 bits per heavy atom. The summed E-state index contributed by atoms with van der Waals surface area (Å²) in [5.74, 6) is 0.748. The smallest absolute Gasteiger partial charge is 0.254 e. The van der Waals surface area contributed by atoms with Crippen LogP contribution < -0.4 is 5.56 Å². The molecule has 0 aromatic carbocycles. The summed E-state index contributed by atoms with van der Waals surface area (Å²) in [4.78, 5) is 18.8. The number of H-pyrrole nitrogens is 1. The highest BCUT2D eigenvalue weighted by Crippen LogP contribution is 2.15. The Morgan fingerprint density at radius 1 is 1.50 bits per heavy atom. The van der Waals surface area contributed by atoms with Gasteiger partial charge in [-0.1, -0.05) is 0 Å². The Balaban J connectivity index is 2.28. The maximum absolute atomic E-state index is 11.6. The number of methoxy groups -OCH3 is 1. The molecule has 2 rings (SSSR count). The number of aryl methyl sites for hydroxylation is 1. The maximum atomic E-state index is 11.6. The maximum Gasteiger partial charge on any atom is 0.254 e. The van der Waals surface area contributed by atoms with Gasteiger partial charge in [-0.25, -0.2) is 4.98 Å². The molecule has 0 amide bonds. The Kier molecular flexibility index (Phi) is 2.63. The Morgan fingerprint density at radius 3 is 3.14 bits per heavy atom. The first-order chi connectivity index (χ1) is 6.81. The quantitative estimate of drug-likeness (QED) is 0.760. The van der Waals surface area contributed by atoms with Gasteiger partial charge in [-0.15, -0.1) is 0 Å². The topological polar surface area (TPSA) is 55.0 Å². The largest absolute Gasteiger partial charge is 0.384 e. The number of rotatable bonds is 3. The lowest BCUT2D eigenvalue weighted by molar-refractivity contribution is 0.200. The van der Waals surface area contributed by atoms with Crippen molar-refractivity contribution >= 4 is 0 Å². The van der Waals surface area contributed by atoms with Crippen LogP contribution in [0.2, 0.25) is 0 Å². The van der Waals surface area contributed by atoms with Crippen LogP contribution in [-0.4, -0.2) is 23.7 Å². The highest BCUT2D eigenvalue weighted by molar-refractivity contribution is 5.22. The summed E-state index contributed by atoms with van der Waals surface area (Å²) in [5.41, 5.74) is 1.91. The van der Waals surface area contributed by atoms with E-state index >= 15 is 0 Å². The minimum Gasteiger partial charge on any atom is -0.384 e. The van der Waals surface area contributed by atoms with Crippen LogP contribution in [0.1, 0.15) is 23.5 Å².